The van der Waals surface area contributed by atoms with Crippen LogP contribution >= 0.6 is 15.9 Å². The summed E-state index contributed by atoms with van der Waals surface area (Å²) in [7, 11) is 0. The van der Waals surface area contributed by atoms with E-state index in [-0.39, 0.29) is 17.0 Å². The van der Waals surface area contributed by atoms with E-state index in [2.05, 4.69) is 15.9 Å². The standard InChI is InChI=1S/C9H9BrF2O/c1-5(4-13)6-2-7(10)9(12)8(11)3-6/h2-3,5,13H,4H2,1H3. The fraction of sp³-hybridized carbons (Fsp3) is 0.333. The first kappa shape index (κ1) is 10.6. The molecule has 0 aliphatic carbocycles. The summed E-state index contributed by atoms with van der Waals surface area (Å²) in [5.74, 6) is -1.98. The molecule has 1 atom stereocenters. The highest BCUT2D eigenvalue weighted by Crippen LogP contribution is 2.24. The van der Waals surface area contributed by atoms with Gasteiger partial charge in [-0.2, -0.15) is 0 Å². The van der Waals surface area contributed by atoms with E-state index in [4.69, 9.17) is 5.11 Å². The Hall–Kier alpha value is -0.480. The molecule has 0 aliphatic rings. The summed E-state index contributed by atoms with van der Waals surface area (Å²) in [6, 6.07) is 2.57. The number of rotatable bonds is 2. The molecule has 1 aromatic carbocycles. The maximum Gasteiger partial charge on any atom is 0.172 e. The predicted molar refractivity (Wildman–Crippen MR) is 49.6 cm³/mol. The molecule has 72 valence electrons. The molecule has 0 bridgehead atoms. The zero-order valence-corrected chi connectivity index (χ0v) is 8.61. The molecule has 0 fully saturated rings. The van der Waals surface area contributed by atoms with Gasteiger partial charge in [-0.3, -0.25) is 0 Å². The first-order valence-electron chi connectivity index (χ1n) is 3.81. The monoisotopic (exact) mass is 250 g/mol. The summed E-state index contributed by atoms with van der Waals surface area (Å²) in [5.41, 5.74) is 0.577. The minimum atomic E-state index is -0.898. The fourth-order valence-electron chi connectivity index (χ4n) is 0.965. The quantitative estimate of drug-likeness (QED) is 0.801. The van der Waals surface area contributed by atoms with Crippen molar-refractivity contribution in [1.82, 2.24) is 0 Å². The van der Waals surface area contributed by atoms with Crippen LogP contribution in [0.2, 0.25) is 0 Å². The topological polar surface area (TPSA) is 20.2 Å². The van der Waals surface area contributed by atoms with Crippen molar-refractivity contribution in [3.63, 3.8) is 0 Å². The molecule has 1 nitrogen and oxygen atoms in total. The Bertz CT molecular complexity index is 291. The van der Waals surface area contributed by atoms with E-state index in [1.54, 1.807) is 6.92 Å². The van der Waals surface area contributed by atoms with Gasteiger partial charge in [0, 0.05) is 12.5 Å². The molecule has 1 unspecified atom stereocenters. The Labute approximate surface area is 83.5 Å². The maximum atomic E-state index is 12.9. The average Bonchev–Trinajstić information content (AvgIpc) is 2.12. The molecule has 4 heteroatoms. The molecule has 13 heavy (non-hydrogen) atoms. The molecule has 1 aromatic rings. The first-order chi connectivity index (χ1) is 6.06. The summed E-state index contributed by atoms with van der Waals surface area (Å²) in [5, 5.41) is 8.81. The largest absolute Gasteiger partial charge is 0.396 e. The van der Waals surface area contributed by atoms with Crippen LogP contribution in [0, 0.1) is 11.6 Å². The van der Waals surface area contributed by atoms with Crippen LogP contribution in [0.5, 0.6) is 0 Å². The summed E-state index contributed by atoms with van der Waals surface area (Å²) in [6.45, 7) is 1.65. The van der Waals surface area contributed by atoms with Gasteiger partial charge in [-0.25, -0.2) is 8.78 Å². The van der Waals surface area contributed by atoms with Crippen LogP contribution in [0.3, 0.4) is 0 Å². The average molecular weight is 251 g/mol. The van der Waals surface area contributed by atoms with Gasteiger partial charge < -0.3 is 5.11 Å². The van der Waals surface area contributed by atoms with Crippen LogP contribution in [0.25, 0.3) is 0 Å². The van der Waals surface area contributed by atoms with Crippen molar-refractivity contribution < 1.29 is 13.9 Å². The summed E-state index contributed by atoms with van der Waals surface area (Å²) >= 11 is 2.90. The lowest BCUT2D eigenvalue weighted by atomic mass is 10.0. The maximum absolute atomic E-state index is 12.9. The normalized spacial score (nSPS) is 13.0. The molecule has 1 rings (SSSR count). The third kappa shape index (κ3) is 2.25. The Morgan fingerprint density at radius 2 is 2.08 bits per heavy atom. The zero-order chi connectivity index (χ0) is 10.0. The van der Waals surface area contributed by atoms with Crippen LogP contribution in [-0.2, 0) is 0 Å². The van der Waals surface area contributed by atoms with E-state index in [0.29, 0.717) is 5.56 Å². The predicted octanol–water partition coefficient (Wildman–Crippen LogP) is 2.82. The van der Waals surface area contributed by atoms with Gasteiger partial charge in [-0.15, -0.1) is 0 Å². The Morgan fingerprint density at radius 1 is 1.46 bits per heavy atom. The van der Waals surface area contributed by atoms with Crippen molar-refractivity contribution in [2.75, 3.05) is 6.61 Å². The lowest BCUT2D eigenvalue weighted by Gasteiger charge is -2.09. The van der Waals surface area contributed by atoms with Crippen molar-refractivity contribution in [3.05, 3.63) is 33.8 Å². The number of aliphatic hydroxyl groups is 1. The summed E-state index contributed by atoms with van der Waals surface area (Å²) in [6.07, 6.45) is 0. The van der Waals surface area contributed by atoms with Crippen LogP contribution < -0.4 is 0 Å². The van der Waals surface area contributed by atoms with Crippen molar-refractivity contribution in [3.8, 4) is 0 Å². The molecular formula is C9H9BrF2O. The van der Waals surface area contributed by atoms with Gasteiger partial charge in [0.25, 0.3) is 0 Å². The Kier molecular flexibility index (Phi) is 3.39. The highest BCUT2D eigenvalue weighted by molar-refractivity contribution is 9.10. The molecule has 0 radical (unpaired) electrons. The van der Waals surface area contributed by atoms with Gasteiger partial charge in [0.2, 0.25) is 0 Å². The fourth-order valence-corrected chi connectivity index (χ4v) is 1.42. The van der Waals surface area contributed by atoms with E-state index in [9.17, 15) is 8.78 Å². The molecule has 1 N–H and O–H groups in total. The third-order valence-corrected chi connectivity index (χ3v) is 2.43. The lowest BCUT2D eigenvalue weighted by Crippen LogP contribution is -2.00. The molecule has 0 saturated carbocycles. The molecule has 0 aliphatic heterocycles. The zero-order valence-electron chi connectivity index (χ0n) is 7.02. The molecule has 0 saturated heterocycles. The Balaban J connectivity index is 3.13. The van der Waals surface area contributed by atoms with Gasteiger partial charge in [-0.1, -0.05) is 6.92 Å². The minimum absolute atomic E-state index is 0.0858. The summed E-state index contributed by atoms with van der Waals surface area (Å²) < 4.78 is 25.7. The van der Waals surface area contributed by atoms with E-state index in [0.717, 1.165) is 6.07 Å². The van der Waals surface area contributed by atoms with Crippen molar-refractivity contribution in [2.45, 2.75) is 12.8 Å². The van der Waals surface area contributed by atoms with Crippen LogP contribution in [-0.4, -0.2) is 11.7 Å². The van der Waals surface area contributed by atoms with Gasteiger partial charge in [0.15, 0.2) is 11.6 Å². The number of aliphatic hydroxyl groups excluding tert-OH is 1. The second-order valence-electron chi connectivity index (χ2n) is 2.88. The highest BCUT2D eigenvalue weighted by Gasteiger charge is 2.11. The first-order valence-corrected chi connectivity index (χ1v) is 4.61. The number of hydrogen-bond acceptors (Lipinski definition) is 1. The third-order valence-electron chi connectivity index (χ3n) is 1.85. The van der Waals surface area contributed by atoms with Crippen LogP contribution in [0.15, 0.2) is 16.6 Å². The molecule has 0 aromatic heterocycles. The van der Waals surface area contributed by atoms with Crippen molar-refractivity contribution in [2.24, 2.45) is 0 Å². The SMILES string of the molecule is CC(CO)c1cc(F)c(F)c(Br)c1. The second kappa shape index (κ2) is 4.15. The van der Waals surface area contributed by atoms with Crippen molar-refractivity contribution in [1.29, 1.82) is 0 Å². The van der Waals surface area contributed by atoms with Gasteiger partial charge in [0.05, 0.1) is 4.47 Å². The highest BCUT2D eigenvalue weighted by atomic mass is 79.9. The van der Waals surface area contributed by atoms with Crippen molar-refractivity contribution >= 4 is 15.9 Å². The number of halogens is 3. The lowest BCUT2D eigenvalue weighted by molar-refractivity contribution is 0.272. The number of hydrogen-bond donors (Lipinski definition) is 1. The van der Waals surface area contributed by atoms with Gasteiger partial charge in [-0.05, 0) is 33.6 Å². The van der Waals surface area contributed by atoms with Gasteiger partial charge in [0.1, 0.15) is 0 Å². The van der Waals surface area contributed by atoms with Gasteiger partial charge >= 0.3 is 0 Å². The smallest absolute Gasteiger partial charge is 0.172 e. The van der Waals surface area contributed by atoms with E-state index < -0.39 is 11.6 Å². The minimum Gasteiger partial charge on any atom is -0.396 e. The summed E-state index contributed by atoms with van der Waals surface area (Å²) in [4.78, 5) is 0. The van der Waals surface area contributed by atoms with E-state index in [1.807, 2.05) is 0 Å². The second-order valence-corrected chi connectivity index (χ2v) is 3.74. The molecule has 0 amide bonds. The molecule has 0 heterocycles. The van der Waals surface area contributed by atoms with E-state index >= 15 is 0 Å². The number of benzene rings is 1. The van der Waals surface area contributed by atoms with Crippen LogP contribution in [0.1, 0.15) is 18.4 Å². The van der Waals surface area contributed by atoms with Crippen LogP contribution in [0.4, 0.5) is 8.78 Å². The molecular weight excluding hydrogens is 242 g/mol. The Morgan fingerprint density at radius 3 is 2.54 bits per heavy atom. The van der Waals surface area contributed by atoms with E-state index in [1.165, 1.54) is 6.07 Å². The molecule has 0 spiro atoms.